The lowest BCUT2D eigenvalue weighted by molar-refractivity contribution is -0.150. The molecule has 0 spiro atoms. The first kappa shape index (κ1) is 10.3. The number of hydrogen-bond donors (Lipinski definition) is 0. The highest BCUT2D eigenvalue weighted by Crippen LogP contribution is 2.17. The van der Waals surface area contributed by atoms with Crippen LogP contribution in [0.3, 0.4) is 0 Å². The molecule has 3 nitrogen and oxygen atoms in total. The Kier molecular flexibility index (Phi) is 4.05. The van der Waals surface area contributed by atoms with E-state index in [9.17, 15) is 0 Å². The highest BCUT2D eigenvalue weighted by Gasteiger charge is 2.14. The molecule has 0 unspecified atom stereocenters. The fourth-order valence-corrected chi connectivity index (χ4v) is 1.10. The lowest BCUT2D eigenvalue weighted by Gasteiger charge is -2.13. The molecule has 0 atom stereocenters. The van der Waals surface area contributed by atoms with Crippen LogP contribution in [-0.2, 0) is 9.47 Å². The molecular formula is C9H15BO3. The Morgan fingerprint density at radius 3 is 2.31 bits per heavy atom. The number of hydrogen-bond acceptors (Lipinski definition) is 3. The second-order valence-electron chi connectivity index (χ2n) is 2.69. The zero-order valence-corrected chi connectivity index (χ0v) is 8.37. The van der Waals surface area contributed by atoms with Crippen LogP contribution in [0.4, 0.5) is 0 Å². The van der Waals surface area contributed by atoms with Crippen LogP contribution in [0.15, 0.2) is 16.5 Å². The molecule has 0 bridgehead atoms. The lowest BCUT2D eigenvalue weighted by Crippen LogP contribution is -2.08. The van der Waals surface area contributed by atoms with Gasteiger partial charge in [0.15, 0.2) is 13.6 Å². The summed E-state index contributed by atoms with van der Waals surface area (Å²) in [5.74, 6) is 0.737. The van der Waals surface area contributed by atoms with Gasteiger partial charge >= 0.3 is 0 Å². The molecule has 0 aliphatic heterocycles. The third-order valence-corrected chi connectivity index (χ3v) is 1.63. The van der Waals surface area contributed by atoms with Gasteiger partial charge in [0.2, 0.25) is 6.29 Å². The highest BCUT2D eigenvalue weighted by molar-refractivity contribution is 6.29. The van der Waals surface area contributed by atoms with Gasteiger partial charge in [-0.15, -0.1) is 0 Å². The van der Waals surface area contributed by atoms with Crippen molar-refractivity contribution in [3.8, 4) is 0 Å². The molecule has 1 aromatic heterocycles. The van der Waals surface area contributed by atoms with Gasteiger partial charge in [-0.1, -0.05) is 0 Å². The van der Waals surface area contributed by atoms with Crippen molar-refractivity contribution < 1.29 is 13.9 Å². The van der Waals surface area contributed by atoms with Gasteiger partial charge in [0.25, 0.3) is 0 Å². The quantitative estimate of drug-likeness (QED) is 0.493. The Labute approximate surface area is 79.4 Å². The number of ether oxygens (including phenoxy) is 2. The van der Waals surface area contributed by atoms with Gasteiger partial charge in [-0.05, 0) is 26.0 Å². The van der Waals surface area contributed by atoms with E-state index < -0.39 is 0 Å². The summed E-state index contributed by atoms with van der Waals surface area (Å²) in [6, 6.07) is 3.78. The summed E-state index contributed by atoms with van der Waals surface area (Å²) >= 11 is 0. The van der Waals surface area contributed by atoms with Crippen molar-refractivity contribution in [3.63, 3.8) is 0 Å². The molecule has 0 aromatic carbocycles. The standard InChI is InChI=1S/C9H15BO3/c1-3-11-9(12-4-2)7-5-6-8(10)13-7/h5-6,9H,3-4,10H2,1-2H3. The summed E-state index contributed by atoms with van der Waals surface area (Å²) in [7, 11) is 1.90. The Morgan fingerprint density at radius 1 is 1.31 bits per heavy atom. The lowest BCUT2D eigenvalue weighted by atomic mass is 10.1. The summed E-state index contributed by atoms with van der Waals surface area (Å²) < 4.78 is 16.1. The van der Waals surface area contributed by atoms with Crippen LogP contribution in [0, 0.1) is 0 Å². The van der Waals surface area contributed by atoms with Crippen molar-refractivity contribution in [1.29, 1.82) is 0 Å². The third-order valence-electron chi connectivity index (χ3n) is 1.63. The van der Waals surface area contributed by atoms with Crippen molar-refractivity contribution >= 4 is 13.5 Å². The monoisotopic (exact) mass is 182 g/mol. The van der Waals surface area contributed by atoms with Gasteiger partial charge in [0.1, 0.15) is 0 Å². The van der Waals surface area contributed by atoms with E-state index in [1.807, 2.05) is 33.8 Å². The Bertz CT molecular complexity index is 241. The molecule has 0 amide bonds. The molecule has 1 aromatic rings. The minimum atomic E-state index is -0.358. The minimum absolute atomic E-state index is 0.358. The molecule has 1 heterocycles. The predicted molar refractivity (Wildman–Crippen MR) is 52.9 cm³/mol. The van der Waals surface area contributed by atoms with E-state index in [0.717, 1.165) is 11.4 Å². The van der Waals surface area contributed by atoms with Gasteiger partial charge in [-0.3, -0.25) is 0 Å². The SMILES string of the molecule is Bc1ccc(C(OCC)OCC)o1. The highest BCUT2D eigenvalue weighted by atomic mass is 16.7. The zero-order chi connectivity index (χ0) is 9.68. The van der Waals surface area contributed by atoms with Gasteiger partial charge in [-0.2, -0.15) is 0 Å². The second-order valence-corrected chi connectivity index (χ2v) is 2.69. The molecule has 0 aliphatic carbocycles. The number of rotatable bonds is 5. The maximum atomic E-state index is 5.40. The van der Waals surface area contributed by atoms with Crippen LogP contribution in [0.2, 0.25) is 0 Å². The van der Waals surface area contributed by atoms with E-state index in [1.54, 1.807) is 0 Å². The van der Waals surface area contributed by atoms with Crippen molar-refractivity contribution in [2.75, 3.05) is 13.2 Å². The molecule has 0 saturated heterocycles. The first-order valence-electron chi connectivity index (χ1n) is 4.57. The summed E-state index contributed by atoms with van der Waals surface area (Å²) in [5.41, 5.74) is 0.874. The van der Waals surface area contributed by atoms with Crippen LogP contribution < -0.4 is 5.66 Å². The Morgan fingerprint density at radius 2 is 1.92 bits per heavy atom. The summed E-state index contributed by atoms with van der Waals surface area (Å²) in [6.07, 6.45) is -0.358. The van der Waals surface area contributed by atoms with Crippen LogP contribution in [-0.4, -0.2) is 21.1 Å². The molecule has 0 N–H and O–H groups in total. The van der Waals surface area contributed by atoms with Crippen molar-refractivity contribution in [3.05, 3.63) is 17.9 Å². The van der Waals surface area contributed by atoms with E-state index in [-0.39, 0.29) is 6.29 Å². The van der Waals surface area contributed by atoms with Gasteiger partial charge in [-0.25, -0.2) is 0 Å². The van der Waals surface area contributed by atoms with Crippen LogP contribution in [0.1, 0.15) is 25.9 Å². The van der Waals surface area contributed by atoms with Crippen LogP contribution in [0.25, 0.3) is 0 Å². The summed E-state index contributed by atoms with van der Waals surface area (Å²) in [4.78, 5) is 0. The topological polar surface area (TPSA) is 31.6 Å². The largest absolute Gasteiger partial charge is 0.472 e. The number of furan rings is 1. The molecule has 1 rings (SSSR count). The minimum Gasteiger partial charge on any atom is -0.472 e. The normalized spacial score (nSPS) is 11.0. The van der Waals surface area contributed by atoms with E-state index in [2.05, 4.69) is 0 Å². The zero-order valence-electron chi connectivity index (χ0n) is 8.37. The molecule has 0 saturated carbocycles. The first-order chi connectivity index (χ1) is 6.27. The molecule has 0 aliphatic rings. The molecule has 13 heavy (non-hydrogen) atoms. The Hall–Kier alpha value is -0.735. The van der Waals surface area contributed by atoms with Crippen molar-refractivity contribution in [2.45, 2.75) is 20.1 Å². The molecular weight excluding hydrogens is 167 g/mol. The third kappa shape index (κ3) is 2.90. The first-order valence-corrected chi connectivity index (χ1v) is 4.57. The van der Waals surface area contributed by atoms with E-state index in [4.69, 9.17) is 13.9 Å². The summed E-state index contributed by atoms with van der Waals surface area (Å²) in [5, 5.41) is 0. The molecule has 72 valence electrons. The smallest absolute Gasteiger partial charge is 0.217 e. The molecule has 0 fully saturated rings. The van der Waals surface area contributed by atoms with E-state index in [0.29, 0.717) is 13.2 Å². The fourth-order valence-electron chi connectivity index (χ4n) is 1.10. The second kappa shape index (κ2) is 5.09. The van der Waals surface area contributed by atoms with Crippen LogP contribution >= 0.6 is 0 Å². The fraction of sp³-hybridized carbons (Fsp3) is 0.556. The maximum Gasteiger partial charge on any atom is 0.217 e. The molecule has 0 radical (unpaired) electrons. The van der Waals surface area contributed by atoms with Gasteiger partial charge < -0.3 is 13.9 Å². The predicted octanol–water partition coefficient (Wildman–Crippen LogP) is 0.610. The van der Waals surface area contributed by atoms with Crippen LogP contribution in [0.5, 0.6) is 0 Å². The van der Waals surface area contributed by atoms with E-state index >= 15 is 0 Å². The Balaban J connectivity index is 2.63. The molecule has 4 heteroatoms. The average molecular weight is 182 g/mol. The average Bonchev–Trinajstić information content (AvgIpc) is 2.51. The van der Waals surface area contributed by atoms with Crippen molar-refractivity contribution in [2.24, 2.45) is 0 Å². The maximum absolute atomic E-state index is 5.40. The van der Waals surface area contributed by atoms with E-state index in [1.165, 1.54) is 0 Å². The van der Waals surface area contributed by atoms with Crippen molar-refractivity contribution in [1.82, 2.24) is 0 Å². The summed E-state index contributed by atoms with van der Waals surface area (Å²) in [6.45, 7) is 5.10. The van der Waals surface area contributed by atoms with Gasteiger partial charge in [0.05, 0.1) is 5.66 Å². The van der Waals surface area contributed by atoms with Gasteiger partial charge in [0, 0.05) is 13.2 Å².